The van der Waals surface area contributed by atoms with E-state index in [9.17, 15) is 27.2 Å². The Bertz CT molecular complexity index is 1230. The quantitative estimate of drug-likeness (QED) is 0.500. The van der Waals surface area contributed by atoms with E-state index in [2.05, 4.69) is 10.4 Å². The third-order valence-electron chi connectivity index (χ3n) is 4.69. The Kier molecular flexibility index (Phi) is 6.30. The lowest BCUT2D eigenvalue weighted by molar-refractivity contribution is -0.0584. The largest absolute Gasteiger partial charge is 0.397 e. The number of nitrogens with zero attached hydrogens (tertiary/aromatic N) is 2. The van der Waals surface area contributed by atoms with E-state index < -0.39 is 52.9 Å². The van der Waals surface area contributed by atoms with E-state index in [1.807, 2.05) is 0 Å². The molecule has 0 fully saturated rings. The number of aromatic nitrogens is 2. The molecule has 2 aromatic carbocycles. The second-order valence-corrected chi connectivity index (χ2v) is 6.92. The second-order valence-electron chi connectivity index (χ2n) is 6.92. The summed E-state index contributed by atoms with van der Waals surface area (Å²) >= 11 is 0. The number of benzene rings is 2. The van der Waals surface area contributed by atoms with Crippen LogP contribution in [0.25, 0.3) is 5.69 Å². The van der Waals surface area contributed by atoms with Crippen molar-refractivity contribution in [1.29, 1.82) is 0 Å². The maximum Gasteiger partial charge on any atom is 0.298 e. The molecular formula is C21H18F4N4O3. The molecule has 0 saturated carbocycles. The number of halogens is 4. The number of anilines is 1. The van der Waals surface area contributed by atoms with Crippen LogP contribution in [0.4, 0.5) is 23.2 Å². The molecule has 3 rings (SSSR count). The fourth-order valence-corrected chi connectivity index (χ4v) is 3.04. The highest BCUT2D eigenvalue weighted by Gasteiger charge is 2.35. The average Bonchev–Trinajstić information content (AvgIpc) is 2.74. The van der Waals surface area contributed by atoms with Crippen LogP contribution in [-0.2, 0) is 5.92 Å². The Hall–Kier alpha value is -3.73. The first-order chi connectivity index (χ1) is 15.1. The molecular weight excluding hydrogens is 432 g/mol. The predicted molar refractivity (Wildman–Crippen MR) is 107 cm³/mol. The highest BCUT2D eigenvalue weighted by Crippen LogP contribution is 2.32. The number of amides is 1. The van der Waals surface area contributed by atoms with E-state index in [0.29, 0.717) is 4.68 Å². The zero-order valence-corrected chi connectivity index (χ0v) is 16.7. The van der Waals surface area contributed by atoms with Crippen molar-refractivity contribution in [3.05, 3.63) is 87.3 Å². The molecule has 1 amide bonds. The molecule has 0 aliphatic heterocycles. The van der Waals surface area contributed by atoms with Gasteiger partial charge in [0.1, 0.15) is 23.9 Å². The van der Waals surface area contributed by atoms with Gasteiger partial charge in [0.05, 0.1) is 17.3 Å². The molecule has 32 heavy (non-hydrogen) atoms. The van der Waals surface area contributed by atoms with Gasteiger partial charge in [-0.05, 0) is 25.1 Å². The third kappa shape index (κ3) is 4.33. The van der Waals surface area contributed by atoms with Crippen LogP contribution in [0.2, 0.25) is 0 Å². The number of nitrogens with two attached hydrogens (primary N) is 1. The van der Waals surface area contributed by atoms with Gasteiger partial charge < -0.3 is 16.2 Å². The van der Waals surface area contributed by atoms with E-state index in [0.717, 1.165) is 24.3 Å². The van der Waals surface area contributed by atoms with Gasteiger partial charge in [-0.15, -0.1) is 0 Å². The zero-order valence-electron chi connectivity index (χ0n) is 16.7. The van der Waals surface area contributed by atoms with Gasteiger partial charge in [-0.2, -0.15) is 18.6 Å². The standard InChI is InChI=1S/C21H18F4N4O3/c1-11(12-5-4-6-13(18(12)23)21(24,25)10-30)27-20(32)19-15(26)9-17(31)29(28-19)16-8-3-2-7-14(16)22/h2-9,11,30H,10,26H2,1H3,(H,27,32)/t11-/m1/s1. The van der Waals surface area contributed by atoms with Crippen molar-refractivity contribution in [2.45, 2.75) is 18.9 Å². The van der Waals surface area contributed by atoms with Crippen LogP contribution in [0.3, 0.4) is 0 Å². The summed E-state index contributed by atoms with van der Waals surface area (Å²) in [4.78, 5) is 24.9. The molecule has 11 heteroatoms. The molecule has 168 valence electrons. The minimum Gasteiger partial charge on any atom is -0.397 e. The molecule has 4 N–H and O–H groups in total. The summed E-state index contributed by atoms with van der Waals surface area (Å²) in [5.74, 6) is -6.82. The number of rotatable bonds is 6. The molecule has 3 aromatic rings. The molecule has 0 unspecified atom stereocenters. The summed E-state index contributed by atoms with van der Waals surface area (Å²) in [7, 11) is 0. The molecule has 7 nitrogen and oxygen atoms in total. The molecule has 1 atom stereocenters. The lowest BCUT2D eigenvalue weighted by Gasteiger charge is -2.20. The monoisotopic (exact) mass is 450 g/mol. The topological polar surface area (TPSA) is 110 Å². The summed E-state index contributed by atoms with van der Waals surface area (Å²) < 4.78 is 56.9. The predicted octanol–water partition coefficient (Wildman–Crippen LogP) is 2.67. The highest BCUT2D eigenvalue weighted by molar-refractivity contribution is 5.97. The van der Waals surface area contributed by atoms with Gasteiger partial charge >= 0.3 is 0 Å². The second kappa shape index (κ2) is 8.79. The number of carbonyl (C=O) groups excluding carboxylic acids is 1. The Morgan fingerprint density at radius 1 is 1.22 bits per heavy atom. The van der Waals surface area contributed by atoms with E-state index in [1.165, 1.54) is 31.2 Å². The minimum absolute atomic E-state index is 0.218. The molecule has 0 radical (unpaired) electrons. The molecule has 1 aromatic heterocycles. The smallest absolute Gasteiger partial charge is 0.298 e. The van der Waals surface area contributed by atoms with Crippen molar-refractivity contribution in [3.8, 4) is 5.69 Å². The molecule has 0 bridgehead atoms. The number of para-hydroxylation sites is 1. The molecule has 0 aliphatic carbocycles. The highest BCUT2D eigenvalue weighted by atomic mass is 19.3. The number of nitrogen functional groups attached to an aromatic ring is 1. The van der Waals surface area contributed by atoms with Crippen LogP contribution in [0.5, 0.6) is 0 Å². The van der Waals surface area contributed by atoms with Gasteiger partial charge in [0.15, 0.2) is 5.69 Å². The van der Waals surface area contributed by atoms with Crippen LogP contribution < -0.4 is 16.6 Å². The Balaban J connectivity index is 1.95. The van der Waals surface area contributed by atoms with Crippen molar-refractivity contribution >= 4 is 11.6 Å². The first-order valence-corrected chi connectivity index (χ1v) is 9.30. The fraction of sp³-hybridized carbons (Fsp3) is 0.190. The summed E-state index contributed by atoms with van der Waals surface area (Å²) in [5.41, 5.74) is 2.66. The minimum atomic E-state index is -3.81. The number of hydrogen-bond acceptors (Lipinski definition) is 5. The zero-order chi connectivity index (χ0) is 23.6. The van der Waals surface area contributed by atoms with Crippen molar-refractivity contribution in [2.24, 2.45) is 0 Å². The van der Waals surface area contributed by atoms with Crippen LogP contribution in [0.1, 0.15) is 34.6 Å². The number of aliphatic hydroxyl groups is 1. The lowest BCUT2D eigenvalue weighted by Crippen LogP contribution is -2.33. The third-order valence-corrected chi connectivity index (χ3v) is 4.69. The molecule has 0 saturated heterocycles. The van der Waals surface area contributed by atoms with Crippen LogP contribution in [0.15, 0.2) is 53.3 Å². The van der Waals surface area contributed by atoms with Crippen LogP contribution in [-0.4, -0.2) is 27.4 Å². The number of carbonyl (C=O) groups is 1. The molecule has 0 aliphatic rings. The Morgan fingerprint density at radius 3 is 2.56 bits per heavy atom. The van der Waals surface area contributed by atoms with Gasteiger partial charge in [0, 0.05) is 11.6 Å². The van der Waals surface area contributed by atoms with Crippen LogP contribution in [0, 0.1) is 11.6 Å². The SMILES string of the molecule is C[C@@H](NC(=O)c1nn(-c2ccccc2F)c(=O)cc1N)c1cccc(C(F)(F)CO)c1F. The fourth-order valence-electron chi connectivity index (χ4n) is 3.04. The Morgan fingerprint density at radius 2 is 1.91 bits per heavy atom. The van der Waals surface area contributed by atoms with Crippen LogP contribution >= 0.6 is 0 Å². The summed E-state index contributed by atoms with van der Waals surface area (Å²) in [6.45, 7) is -0.258. The normalized spacial score (nSPS) is 12.4. The number of hydrogen-bond donors (Lipinski definition) is 3. The van der Waals surface area contributed by atoms with Crippen molar-refractivity contribution in [2.75, 3.05) is 12.3 Å². The number of alkyl halides is 2. The number of nitrogens with one attached hydrogen (secondary N) is 1. The van der Waals surface area contributed by atoms with Crippen molar-refractivity contribution < 1.29 is 27.5 Å². The average molecular weight is 450 g/mol. The first-order valence-electron chi connectivity index (χ1n) is 9.30. The van der Waals surface area contributed by atoms with Gasteiger partial charge in [-0.25, -0.2) is 8.78 Å². The van der Waals surface area contributed by atoms with Crippen molar-refractivity contribution in [1.82, 2.24) is 15.1 Å². The van der Waals surface area contributed by atoms with Gasteiger partial charge in [0.25, 0.3) is 17.4 Å². The van der Waals surface area contributed by atoms with E-state index in [-0.39, 0.29) is 16.9 Å². The maximum atomic E-state index is 14.7. The summed E-state index contributed by atoms with van der Waals surface area (Å²) in [6.07, 6.45) is 0. The number of aliphatic hydroxyl groups excluding tert-OH is 1. The Labute approximate surface area is 179 Å². The van der Waals surface area contributed by atoms with Gasteiger partial charge in [-0.1, -0.05) is 24.3 Å². The maximum absolute atomic E-state index is 14.7. The van der Waals surface area contributed by atoms with E-state index in [1.54, 1.807) is 0 Å². The van der Waals surface area contributed by atoms with Gasteiger partial charge in [-0.3, -0.25) is 9.59 Å². The molecule has 1 heterocycles. The molecule has 0 spiro atoms. The summed E-state index contributed by atoms with van der Waals surface area (Å²) in [6, 6.07) is 8.16. The summed E-state index contributed by atoms with van der Waals surface area (Å²) in [5, 5.41) is 15.0. The first kappa shape index (κ1) is 22.9. The van der Waals surface area contributed by atoms with E-state index >= 15 is 0 Å². The van der Waals surface area contributed by atoms with Crippen molar-refractivity contribution in [3.63, 3.8) is 0 Å². The lowest BCUT2D eigenvalue weighted by atomic mass is 10.00. The van der Waals surface area contributed by atoms with E-state index in [4.69, 9.17) is 10.8 Å². The van der Waals surface area contributed by atoms with Gasteiger partial charge in [0.2, 0.25) is 0 Å².